The maximum Gasteiger partial charge on any atom is 0.0436 e. The van der Waals surface area contributed by atoms with Gasteiger partial charge in [0.2, 0.25) is 0 Å². The van der Waals surface area contributed by atoms with Gasteiger partial charge in [-0.1, -0.05) is 35.0 Å². The molecular weight excluding hydrogens is 216 g/mol. The molecule has 2 heteroatoms. The molecule has 0 heterocycles. The fourth-order valence-corrected chi connectivity index (χ4v) is 1.59. The summed E-state index contributed by atoms with van der Waals surface area (Å²) in [7, 11) is 0. The highest BCUT2D eigenvalue weighted by atomic mass is 79.9. The van der Waals surface area contributed by atoms with E-state index in [1.807, 2.05) is 12.1 Å². The molecule has 1 aromatic rings. The van der Waals surface area contributed by atoms with Gasteiger partial charge in [0.1, 0.15) is 0 Å². The van der Waals surface area contributed by atoms with Gasteiger partial charge in [-0.15, -0.1) is 0 Å². The van der Waals surface area contributed by atoms with E-state index < -0.39 is 0 Å². The molecule has 1 atom stereocenters. The predicted molar refractivity (Wildman–Crippen MR) is 54.3 cm³/mol. The van der Waals surface area contributed by atoms with Gasteiger partial charge in [0.05, 0.1) is 0 Å². The first kappa shape index (κ1) is 9.75. The predicted octanol–water partition coefficient (Wildman–Crippen LogP) is 2.94. The molecule has 0 fully saturated rings. The largest absolute Gasteiger partial charge is 0.396 e. The Bertz CT molecular complexity index is 247. The average molecular weight is 229 g/mol. The molecule has 0 saturated carbocycles. The third-order valence-electron chi connectivity index (χ3n) is 1.98. The minimum absolute atomic E-state index is 0.258. The number of hydrogen-bond acceptors (Lipinski definition) is 1. The van der Waals surface area contributed by atoms with Crippen LogP contribution < -0.4 is 0 Å². The lowest BCUT2D eigenvalue weighted by molar-refractivity contribution is 0.278. The van der Waals surface area contributed by atoms with E-state index in [1.54, 1.807) is 0 Å². The normalized spacial score (nSPS) is 12.9. The molecule has 1 N–H and O–H groups in total. The molecule has 0 radical (unpaired) electrons. The Morgan fingerprint density at radius 1 is 1.50 bits per heavy atom. The molecule has 1 rings (SSSR count). The van der Waals surface area contributed by atoms with Gasteiger partial charge in [0, 0.05) is 11.1 Å². The first-order valence-electron chi connectivity index (χ1n) is 4.10. The molecule has 0 bridgehead atoms. The summed E-state index contributed by atoms with van der Waals surface area (Å²) in [5.41, 5.74) is 1.28. The fraction of sp³-hybridized carbons (Fsp3) is 0.400. The number of aliphatic hydroxyl groups is 1. The van der Waals surface area contributed by atoms with Crippen LogP contribution in [0.4, 0.5) is 0 Å². The zero-order valence-electron chi connectivity index (χ0n) is 7.13. The van der Waals surface area contributed by atoms with E-state index in [0.29, 0.717) is 5.92 Å². The highest BCUT2D eigenvalue weighted by Gasteiger charge is 2.03. The van der Waals surface area contributed by atoms with E-state index in [4.69, 9.17) is 5.11 Å². The zero-order valence-corrected chi connectivity index (χ0v) is 8.71. The summed E-state index contributed by atoms with van der Waals surface area (Å²) in [4.78, 5) is 0. The Morgan fingerprint density at radius 2 is 2.25 bits per heavy atom. The summed E-state index contributed by atoms with van der Waals surface area (Å²) in [6.45, 7) is 2.38. The second-order valence-electron chi connectivity index (χ2n) is 2.97. The minimum atomic E-state index is 0.258. The molecule has 1 nitrogen and oxygen atoms in total. The molecule has 12 heavy (non-hydrogen) atoms. The Kier molecular flexibility index (Phi) is 3.76. The molecule has 0 aliphatic heterocycles. The van der Waals surface area contributed by atoms with E-state index >= 15 is 0 Å². The van der Waals surface area contributed by atoms with Crippen molar-refractivity contribution in [2.45, 2.75) is 19.3 Å². The molecule has 0 aliphatic carbocycles. The SMILES string of the molecule is CC(CCO)c1cccc(Br)c1. The second kappa shape index (κ2) is 4.63. The summed E-state index contributed by atoms with van der Waals surface area (Å²) in [5.74, 6) is 0.437. The van der Waals surface area contributed by atoms with Crippen LogP contribution in [0.25, 0.3) is 0 Å². The van der Waals surface area contributed by atoms with Crippen LogP contribution in [0.15, 0.2) is 28.7 Å². The molecule has 1 aromatic carbocycles. The Morgan fingerprint density at radius 3 is 2.83 bits per heavy atom. The smallest absolute Gasteiger partial charge is 0.0436 e. The van der Waals surface area contributed by atoms with Crippen molar-refractivity contribution in [3.63, 3.8) is 0 Å². The molecule has 0 amide bonds. The second-order valence-corrected chi connectivity index (χ2v) is 3.88. The lowest BCUT2D eigenvalue weighted by Crippen LogP contribution is -1.96. The number of rotatable bonds is 3. The lowest BCUT2D eigenvalue weighted by Gasteiger charge is -2.09. The van der Waals surface area contributed by atoms with E-state index in [9.17, 15) is 0 Å². The topological polar surface area (TPSA) is 20.2 Å². The first-order valence-corrected chi connectivity index (χ1v) is 4.89. The van der Waals surface area contributed by atoms with Gasteiger partial charge < -0.3 is 5.11 Å². The molecule has 0 aliphatic rings. The fourth-order valence-electron chi connectivity index (χ4n) is 1.17. The van der Waals surface area contributed by atoms with Crippen molar-refractivity contribution < 1.29 is 5.11 Å². The highest BCUT2D eigenvalue weighted by Crippen LogP contribution is 2.21. The summed E-state index contributed by atoms with van der Waals surface area (Å²) >= 11 is 3.42. The maximum absolute atomic E-state index is 8.76. The van der Waals surface area contributed by atoms with Crippen LogP contribution in [0.5, 0.6) is 0 Å². The Hall–Kier alpha value is -0.340. The Labute approximate surface area is 81.6 Å². The van der Waals surface area contributed by atoms with Crippen LogP contribution in [0, 0.1) is 0 Å². The van der Waals surface area contributed by atoms with E-state index in [0.717, 1.165) is 10.9 Å². The standard InChI is InChI=1S/C10H13BrO/c1-8(5-6-12)9-3-2-4-10(11)7-9/h2-4,7-8,12H,5-6H2,1H3. The van der Waals surface area contributed by atoms with Crippen molar-refractivity contribution in [3.8, 4) is 0 Å². The van der Waals surface area contributed by atoms with Crippen molar-refractivity contribution in [2.24, 2.45) is 0 Å². The summed E-state index contributed by atoms with van der Waals surface area (Å²) in [5, 5.41) is 8.76. The van der Waals surface area contributed by atoms with E-state index in [2.05, 4.69) is 35.0 Å². The molecule has 0 aromatic heterocycles. The van der Waals surface area contributed by atoms with Gasteiger partial charge in [-0.3, -0.25) is 0 Å². The van der Waals surface area contributed by atoms with Crippen molar-refractivity contribution in [2.75, 3.05) is 6.61 Å². The highest BCUT2D eigenvalue weighted by molar-refractivity contribution is 9.10. The van der Waals surface area contributed by atoms with Gasteiger partial charge in [0.25, 0.3) is 0 Å². The van der Waals surface area contributed by atoms with E-state index in [1.165, 1.54) is 5.56 Å². The molecule has 0 spiro atoms. The van der Waals surface area contributed by atoms with Crippen molar-refractivity contribution in [1.82, 2.24) is 0 Å². The summed E-state index contributed by atoms with van der Waals surface area (Å²) in [6, 6.07) is 8.22. The van der Waals surface area contributed by atoms with Crippen LogP contribution >= 0.6 is 15.9 Å². The average Bonchev–Trinajstić information content (AvgIpc) is 2.05. The van der Waals surface area contributed by atoms with Gasteiger partial charge in [-0.05, 0) is 30.0 Å². The van der Waals surface area contributed by atoms with Crippen molar-refractivity contribution >= 4 is 15.9 Å². The van der Waals surface area contributed by atoms with Crippen molar-refractivity contribution in [1.29, 1.82) is 0 Å². The monoisotopic (exact) mass is 228 g/mol. The summed E-state index contributed by atoms with van der Waals surface area (Å²) < 4.78 is 1.10. The van der Waals surface area contributed by atoms with Crippen LogP contribution in [0.2, 0.25) is 0 Å². The van der Waals surface area contributed by atoms with Crippen LogP contribution in [0.3, 0.4) is 0 Å². The maximum atomic E-state index is 8.76. The van der Waals surface area contributed by atoms with Crippen LogP contribution in [-0.4, -0.2) is 11.7 Å². The molecular formula is C10H13BrO. The first-order chi connectivity index (χ1) is 5.74. The number of halogens is 1. The summed E-state index contributed by atoms with van der Waals surface area (Å²) in [6.07, 6.45) is 0.830. The third-order valence-corrected chi connectivity index (χ3v) is 2.47. The molecule has 1 unspecified atom stereocenters. The molecule has 0 saturated heterocycles. The quantitative estimate of drug-likeness (QED) is 0.844. The minimum Gasteiger partial charge on any atom is -0.396 e. The third kappa shape index (κ3) is 2.61. The molecule has 66 valence electrons. The van der Waals surface area contributed by atoms with Crippen molar-refractivity contribution in [3.05, 3.63) is 34.3 Å². The van der Waals surface area contributed by atoms with E-state index in [-0.39, 0.29) is 6.61 Å². The number of hydrogen-bond donors (Lipinski definition) is 1. The Balaban J connectivity index is 2.73. The van der Waals surface area contributed by atoms with Gasteiger partial charge in [-0.25, -0.2) is 0 Å². The van der Waals surface area contributed by atoms with Gasteiger partial charge in [0.15, 0.2) is 0 Å². The zero-order chi connectivity index (χ0) is 8.97. The van der Waals surface area contributed by atoms with Gasteiger partial charge in [-0.2, -0.15) is 0 Å². The van der Waals surface area contributed by atoms with Gasteiger partial charge >= 0.3 is 0 Å². The number of aliphatic hydroxyl groups excluding tert-OH is 1. The van der Waals surface area contributed by atoms with Crippen LogP contribution in [-0.2, 0) is 0 Å². The lowest BCUT2D eigenvalue weighted by atomic mass is 9.99. The van der Waals surface area contributed by atoms with Crippen LogP contribution in [0.1, 0.15) is 24.8 Å². The number of benzene rings is 1.